The van der Waals surface area contributed by atoms with Crippen LogP contribution in [0.15, 0.2) is 36.4 Å². The van der Waals surface area contributed by atoms with Gasteiger partial charge in [-0.1, -0.05) is 32.0 Å². The lowest BCUT2D eigenvalue weighted by Gasteiger charge is -2.14. The van der Waals surface area contributed by atoms with Crippen LogP contribution in [0.1, 0.15) is 31.7 Å². The third-order valence-electron chi connectivity index (χ3n) is 2.66. The van der Waals surface area contributed by atoms with E-state index in [1.54, 1.807) is 0 Å². The molecule has 1 N–H and O–H groups in total. The highest BCUT2D eigenvalue weighted by Crippen LogP contribution is 2.28. The maximum atomic E-state index is 10.3. The number of hydrogen-bond acceptors (Lipinski definition) is 2. The van der Waals surface area contributed by atoms with Crippen molar-refractivity contribution in [1.29, 1.82) is 0 Å². The zero-order valence-corrected chi connectivity index (χ0v) is 10.2. The van der Waals surface area contributed by atoms with E-state index in [1.807, 2.05) is 24.3 Å². The third kappa shape index (κ3) is 4.31. The number of rotatable bonds is 6. The van der Waals surface area contributed by atoms with Crippen LogP contribution >= 0.6 is 0 Å². The molecule has 0 radical (unpaired) electrons. The van der Waals surface area contributed by atoms with Crippen LogP contribution < -0.4 is 4.74 Å². The minimum atomic E-state index is -0.955. The summed E-state index contributed by atoms with van der Waals surface area (Å²) in [7, 11) is 0. The van der Waals surface area contributed by atoms with Crippen molar-refractivity contribution in [2.45, 2.75) is 26.2 Å². The first kappa shape index (κ1) is 13.3. The summed E-state index contributed by atoms with van der Waals surface area (Å²) in [4.78, 5) is 10.3. The van der Waals surface area contributed by atoms with E-state index in [1.165, 1.54) is 11.6 Å². The maximum absolute atomic E-state index is 10.3. The molecule has 0 amide bonds. The molecule has 1 rings (SSSR count). The maximum Gasteiger partial charge on any atom is 0.328 e. The van der Waals surface area contributed by atoms with Crippen molar-refractivity contribution >= 4 is 5.97 Å². The summed E-state index contributed by atoms with van der Waals surface area (Å²) in [6.07, 6.45) is 3.63. The van der Waals surface area contributed by atoms with Crippen molar-refractivity contribution in [2.75, 3.05) is 6.61 Å². The van der Waals surface area contributed by atoms with Gasteiger partial charge in [-0.2, -0.15) is 0 Å². The van der Waals surface area contributed by atoms with Crippen LogP contribution in [0, 0.1) is 0 Å². The molecule has 1 aromatic carbocycles. The summed E-state index contributed by atoms with van der Waals surface area (Å²) in [5, 5.41) is 8.45. The Balaban J connectivity index is 2.67. The van der Waals surface area contributed by atoms with Crippen molar-refractivity contribution in [1.82, 2.24) is 0 Å². The van der Waals surface area contributed by atoms with Gasteiger partial charge in [0.05, 0.1) is 0 Å². The molecule has 0 spiro atoms. The minimum Gasteiger partial charge on any atom is -0.489 e. The van der Waals surface area contributed by atoms with Crippen LogP contribution in [-0.2, 0) is 4.79 Å². The van der Waals surface area contributed by atoms with Gasteiger partial charge in [0, 0.05) is 6.08 Å². The Bertz CT molecular complexity index is 396. The molecule has 0 aromatic heterocycles. The lowest BCUT2D eigenvalue weighted by Crippen LogP contribution is -2.00. The number of carboxylic acid groups (broad SMARTS) is 1. The predicted octanol–water partition coefficient (Wildman–Crippen LogP) is 3.22. The topological polar surface area (TPSA) is 46.5 Å². The molecule has 3 heteroatoms. The second-order valence-corrected chi connectivity index (χ2v) is 3.90. The molecular weight excluding hydrogens is 216 g/mol. The van der Waals surface area contributed by atoms with Crippen molar-refractivity contribution in [3.8, 4) is 5.75 Å². The number of para-hydroxylation sites is 1. The smallest absolute Gasteiger partial charge is 0.328 e. The van der Waals surface area contributed by atoms with Gasteiger partial charge in [-0.05, 0) is 30.0 Å². The Morgan fingerprint density at radius 1 is 1.47 bits per heavy atom. The summed E-state index contributed by atoms with van der Waals surface area (Å²) in [6, 6.07) is 7.87. The predicted molar refractivity (Wildman–Crippen MR) is 67.4 cm³/mol. The molecule has 0 bridgehead atoms. The van der Waals surface area contributed by atoms with Gasteiger partial charge in [-0.15, -0.1) is 0 Å². The highest BCUT2D eigenvalue weighted by atomic mass is 16.5. The van der Waals surface area contributed by atoms with Crippen molar-refractivity contribution in [3.05, 3.63) is 42.0 Å². The quantitative estimate of drug-likeness (QED) is 0.769. The first-order valence-electron chi connectivity index (χ1n) is 5.76. The molecule has 1 unspecified atom stereocenters. The van der Waals surface area contributed by atoms with Gasteiger partial charge in [-0.25, -0.2) is 4.79 Å². The Labute approximate surface area is 102 Å². The van der Waals surface area contributed by atoms with Crippen molar-refractivity contribution in [3.63, 3.8) is 0 Å². The van der Waals surface area contributed by atoms with Crippen molar-refractivity contribution < 1.29 is 14.6 Å². The van der Waals surface area contributed by atoms with E-state index in [2.05, 4.69) is 13.8 Å². The second-order valence-electron chi connectivity index (χ2n) is 3.90. The number of benzene rings is 1. The Hall–Kier alpha value is -1.77. The Morgan fingerprint density at radius 3 is 2.82 bits per heavy atom. The molecule has 92 valence electrons. The normalized spacial score (nSPS) is 12.6. The van der Waals surface area contributed by atoms with Crippen LogP contribution in [0.5, 0.6) is 5.75 Å². The lowest BCUT2D eigenvalue weighted by molar-refractivity contribution is -0.131. The van der Waals surface area contributed by atoms with E-state index < -0.39 is 5.97 Å². The monoisotopic (exact) mass is 234 g/mol. The molecule has 17 heavy (non-hydrogen) atoms. The van der Waals surface area contributed by atoms with Gasteiger partial charge >= 0.3 is 5.97 Å². The van der Waals surface area contributed by atoms with E-state index >= 15 is 0 Å². The van der Waals surface area contributed by atoms with Gasteiger partial charge in [0.2, 0.25) is 0 Å². The SMILES string of the molecule is CCC(C)c1ccccc1OCC=CC(=O)O. The summed E-state index contributed by atoms with van der Waals surface area (Å²) >= 11 is 0. The zero-order valence-electron chi connectivity index (χ0n) is 10.2. The van der Waals surface area contributed by atoms with E-state index in [0.29, 0.717) is 5.92 Å². The summed E-state index contributed by atoms with van der Waals surface area (Å²) in [5.41, 5.74) is 1.17. The molecule has 0 aliphatic carbocycles. The molecular formula is C14H18O3. The molecule has 0 aliphatic heterocycles. The number of carboxylic acids is 1. The van der Waals surface area contributed by atoms with Crippen LogP contribution in [0.2, 0.25) is 0 Å². The molecule has 3 nitrogen and oxygen atoms in total. The summed E-state index contributed by atoms with van der Waals surface area (Å²) < 4.78 is 5.56. The molecule has 0 fully saturated rings. The number of ether oxygens (including phenoxy) is 1. The average Bonchev–Trinajstić information content (AvgIpc) is 2.34. The van der Waals surface area contributed by atoms with Crippen LogP contribution in [0.25, 0.3) is 0 Å². The van der Waals surface area contributed by atoms with Crippen molar-refractivity contribution in [2.24, 2.45) is 0 Å². The highest BCUT2D eigenvalue weighted by molar-refractivity contribution is 5.79. The van der Waals surface area contributed by atoms with Gasteiger partial charge < -0.3 is 9.84 Å². The third-order valence-corrected chi connectivity index (χ3v) is 2.66. The number of carbonyl (C=O) groups is 1. The van der Waals surface area contributed by atoms with Gasteiger partial charge in [0.25, 0.3) is 0 Å². The first-order valence-corrected chi connectivity index (χ1v) is 5.76. The molecule has 0 saturated carbocycles. The van der Waals surface area contributed by atoms with Gasteiger partial charge in [-0.3, -0.25) is 0 Å². The molecule has 0 aliphatic rings. The second kappa shape index (κ2) is 6.74. The Morgan fingerprint density at radius 2 is 2.18 bits per heavy atom. The highest BCUT2D eigenvalue weighted by Gasteiger charge is 2.08. The Kier molecular flexibility index (Phi) is 5.27. The van der Waals surface area contributed by atoms with E-state index in [0.717, 1.165) is 18.2 Å². The van der Waals surface area contributed by atoms with Gasteiger partial charge in [0.15, 0.2) is 0 Å². The zero-order chi connectivity index (χ0) is 12.7. The summed E-state index contributed by atoms with van der Waals surface area (Å²) in [5.74, 6) is 0.315. The van der Waals surface area contributed by atoms with E-state index in [9.17, 15) is 4.79 Å². The van der Waals surface area contributed by atoms with Crippen LogP contribution in [0.4, 0.5) is 0 Å². The van der Waals surface area contributed by atoms with E-state index in [-0.39, 0.29) is 6.61 Å². The molecule has 1 aromatic rings. The van der Waals surface area contributed by atoms with Gasteiger partial charge in [0.1, 0.15) is 12.4 Å². The summed E-state index contributed by atoms with van der Waals surface area (Å²) in [6.45, 7) is 4.56. The fourth-order valence-electron chi connectivity index (χ4n) is 1.53. The van der Waals surface area contributed by atoms with Crippen LogP contribution in [0.3, 0.4) is 0 Å². The van der Waals surface area contributed by atoms with E-state index in [4.69, 9.17) is 9.84 Å². The van der Waals surface area contributed by atoms with Crippen LogP contribution in [-0.4, -0.2) is 17.7 Å². The minimum absolute atomic E-state index is 0.278. The molecule has 0 saturated heterocycles. The molecule has 0 heterocycles. The fourth-order valence-corrected chi connectivity index (χ4v) is 1.53. The lowest BCUT2D eigenvalue weighted by atomic mass is 9.98. The largest absolute Gasteiger partial charge is 0.489 e. The number of aliphatic carboxylic acids is 1. The first-order chi connectivity index (χ1) is 8.15. The standard InChI is InChI=1S/C14H18O3/c1-3-11(2)12-7-4-5-8-13(12)17-10-6-9-14(15)16/h4-9,11H,3,10H2,1-2H3,(H,15,16). The fraction of sp³-hybridized carbons (Fsp3) is 0.357. The average molecular weight is 234 g/mol. The molecule has 1 atom stereocenters. The number of hydrogen-bond donors (Lipinski definition) is 1.